The lowest BCUT2D eigenvalue weighted by Gasteiger charge is -2.14. The van der Waals surface area contributed by atoms with Crippen LogP contribution in [-0.2, 0) is 16.2 Å². The highest BCUT2D eigenvalue weighted by atomic mass is 32.2. The lowest BCUT2D eigenvalue weighted by molar-refractivity contribution is -0.302. The molecule has 0 aliphatic heterocycles. The molecule has 1 aliphatic rings. The van der Waals surface area contributed by atoms with Crippen LogP contribution in [0.5, 0.6) is 0 Å². The van der Waals surface area contributed by atoms with E-state index in [1.54, 1.807) is 0 Å². The van der Waals surface area contributed by atoms with Gasteiger partial charge in [-0.05, 0) is 29.8 Å². The fraction of sp³-hybridized carbons (Fsp3) is 0.133. The van der Waals surface area contributed by atoms with Gasteiger partial charge in [0.25, 0.3) is 10.0 Å². The lowest BCUT2D eigenvalue weighted by Crippen LogP contribution is -2.13. The van der Waals surface area contributed by atoms with E-state index < -0.39 is 32.4 Å². The van der Waals surface area contributed by atoms with Crippen molar-refractivity contribution in [1.29, 1.82) is 0 Å². The maximum absolute atomic E-state index is 12.7. The zero-order valence-corrected chi connectivity index (χ0v) is 12.6. The molecule has 0 heterocycles. The number of hydrogen-bond donors (Lipinski definition) is 0. The third-order valence-corrected chi connectivity index (χ3v) is 4.25. The van der Waals surface area contributed by atoms with Crippen molar-refractivity contribution >= 4 is 15.7 Å². The Morgan fingerprint density at radius 2 is 1.83 bits per heavy atom. The van der Waals surface area contributed by atoms with E-state index >= 15 is 0 Å². The Bertz CT molecular complexity index is 843. The van der Waals surface area contributed by atoms with E-state index in [0.717, 1.165) is 18.2 Å². The van der Waals surface area contributed by atoms with E-state index in [9.17, 15) is 26.7 Å². The van der Waals surface area contributed by atoms with Gasteiger partial charge in [0.05, 0.1) is 16.2 Å². The zero-order valence-electron chi connectivity index (χ0n) is 11.8. The molecule has 0 bridgehead atoms. The number of rotatable bonds is 2. The van der Waals surface area contributed by atoms with Gasteiger partial charge >= 0.3 is 6.18 Å². The predicted molar refractivity (Wildman–Crippen MR) is 77.0 cm³/mol. The molecule has 122 valence electrons. The normalized spacial score (nSPS) is 19.2. The topological polar surface area (TPSA) is 69.6 Å². The van der Waals surface area contributed by atoms with E-state index in [1.165, 1.54) is 31.2 Å². The molecule has 0 fully saturated rings. The molecular weight excluding hydrogens is 331 g/mol. The first-order chi connectivity index (χ1) is 10.6. The average molecular weight is 342 g/mol. The average Bonchev–Trinajstić information content (AvgIpc) is 2.46. The van der Waals surface area contributed by atoms with Crippen LogP contribution in [0, 0.1) is 0 Å². The van der Waals surface area contributed by atoms with Crippen LogP contribution in [0.2, 0.25) is 0 Å². The zero-order chi connectivity index (χ0) is 17.3. The maximum atomic E-state index is 12.7. The Morgan fingerprint density at radius 1 is 1.17 bits per heavy atom. The monoisotopic (exact) mass is 342 g/mol. The molecule has 2 rings (SSSR count). The minimum Gasteiger partial charge on any atom is -0.875 e. The molecule has 0 saturated carbocycles. The minimum atomic E-state index is -4.66. The van der Waals surface area contributed by atoms with Gasteiger partial charge in [0, 0.05) is 0 Å². The van der Waals surface area contributed by atoms with Gasteiger partial charge in [0.1, 0.15) is 0 Å². The van der Waals surface area contributed by atoms with E-state index in [4.69, 9.17) is 0 Å². The molecule has 1 aromatic rings. The van der Waals surface area contributed by atoms with Crippen LogP contribution in [0.3, 0.4) is 0 Å². The van der Waals surface area contributed by atoms with Crippen LogP contribution in [0.15, 0.2) is 69.2 Å². The summed E-state index contributed by atoms with van der Waals surface area (Å²) < 4.78 is 66.0. The Balaban J connectivity index is 2.52. The number of sulfonamides is 1. The van der Waals surface area contributed by atoms with Gasteiger partial charge in [-0.2, -0.15) is 26.0 Å². The summed E-state index contributed by atoms with van der Waals surface area (Å²) in [7, 11) is -4.38. The van der Waals surface area contributed by atoms with Gasteiger partial charge in [0.15, 0.2) is 0 Å². The molecule has 23 heavy (non-hydrogen) atoms. The van der Waals surface area contributed by atoms with Gasteiger partial charge in [-0.3, -0.25) is 0 Å². The van der Waals surface area contributed by atoms with Gasteiger partial charge < -0.3 is 5.11 Å². The van der Waals surface area contributed by atoms with E-state index in [0.29, 0.717) is 6.07 Å². The second-order valence-electron chi connectivity index (χ2n) is 4.67. The summed E-state index contributed by atoms with van der Waals surface area (Å²) in [6.07, 6.45) is 1.05. The summed E-state index contributed by atoms with van der Waals surface area (Å²) >= 11 is 0. The van der Waals surface area contributed by atoms with Crippen molar-refractivity contribution in [2.75, 3.05) is 0 Å². The Hall–Kier alpha value is -2.35. The third-order valence-electron chi connectivity index (χ3n) is 2.96. The summed E-state index contributed by atoms with van der Waals surface area (Å²) in [4.78, 5) is -0.592. The van der Waals surface area contributed by atoms with E-state index in [1.807, 2.05) is 0 Å². The van der Waals surface area contributed by atoms with Crippen LogP contribution >= 0.6 is 0 Å². The fourth-order valence-corrected chi connectivity index (χ4v) is 2.92. The standard InChI is InChI=1S/C15H12F3NO3S/c1-10(20)13-7-2-3-8-14(13)19-23(21,22)12-6-4-5-11(9-12)15(16,17)18/h2-9,20H,1H3/p-1. The Labute approximate surface area is 131 Å². The number of halogens is 3. The second kappa shape index (κ2) is 6.04. The highest BCUT2D eigenvalue weighted by Gasteiger charge is 2.31. The van der Waals surface area contributed by atoms with Gasteiger partial charge in [-0.15, -0.1) is 5.76 Å². The molecule has 0 N–H and O–H groups in total. The van der Waals surface area contributed by atoms with Crippen LogP contribution in [0.4, 0.5) is 13.2 Å². The molecule has 0 aromatic heterocycles. The number of nitrogens with zero attached hydrogens (tertiary/aromatic N) is 1. The summed E-state index contributed by atoms with van der Waals surface area (Å²) in [5.74, 6) is -0.399. The van der Waals surface area contributed by atoms with Crippen molar-refractivity contribution in [3.8, 4) is 0 Å². The first-order valence-electron chi connectivity index (χ1n) is 6.36. The highest BCUT2D eigenvalue weighted by Crippen LogP contribution is 2.31. The predicted octanol–water partition coefficient (Wildman–Crippen LogP) is 2.60. The number of allylic oxidation sites excluding steroid dienone is 6. The minimum absolute atomic E-state index is 0.0723. The Morgan fingerprint density at radius 3 is 2.43 bits per heavy atom. The highest BCUT2D eigenvalue weighted by molar-refractivity contribution is 7.90. The summed E-state index contributed by atoms with van der Waals surface area (Å²) in [5.41, 5.74) is -1.13. The van der Waals surface area contributed by atoms with E-state index in [-0.39, 0.29) is 11.3 Å². The summed E-state index contributed by atoms with van der Waals surface area (Å²) in [5, 5.41) is 11.5. The molecular formula is C15H11F3NO3S-. The molecule has 1 aromatic carbocycles. The number of alkyl halides is 3. The largest absolute Gasteiger partial charge is 0.875 e. The quantitative estimate of drug-likeness (QED) is 0.776. The molecule has 0 unspecified atom stereocenters. The number of benzene rings is 1. The maximum Gasteiger partial charge on any atom is 0.416 e. The summed E-state index contributed by atoms with van der Waals surface area (Å²) in [6.45, 7) is 1.24. The van der Waals surface area contributed by atoms with Crippen LogP contribution < -0.4 is 5.11 Å². The Kier molecular flexibility index (Phi) is 4.46. The summed E-state index contributed by atoms with van der Waals surface area (Å²) in [6, 6.07) is 3.28. The van der Waals surface area contributed by atoms with E-state index in [2.05, 4.69) is 4.40 Å². The number of hydrogen-bond acceptors (Lipinski definition) is 3. The molecule has 0 spiro atoms. The molecule has 0 amide bonds. The van der Waals surface area contributed by atoms with Gasteiger partial charge in [-0.25, -0.2) is 0 Å². The van der Waals surface area contributed by atoms with Crippen molar-refractivity contribution in [2.24, 2.45) is 4.40 Å². The lowest BCUT2D eigenvalue weighted by atomic mass is 10.1. The van der Waals surface area contributed by atoms with Crippen LogP contribution in [0.1, 0.15) is 12.5 Å². The first kappa shape index (κ1) is 17.0. The molecule has 4 nitrogen and oxygen atoms in total. The van der Waals surface area contributed by atoms with Crippen molar-refractivity contribution in [3.05, 3.63) is 65.5 Å². The van der Waals surface area contributed by atoms with Crippen molar-refractivity contribution in [3.63, 3.8) is 0 Å². The van der Waals surface area contributed by atoms with Gasteiger partial charge in [-0.1, -0.05) is 31.2 Å². The molecule has 0 atom stereocenters. The third kappa shape index (κ3) is 3.89. The fourth-order valence-electron chi connectivity index (χ4n) is 1.87. The molecule has 0 radical (unpaired) electrons. The molecule has 8 heteroatoms. The smallest absolute Gasteiger partial charge is 0.416 e. The van der Waals surface area contributed by atoms with Gasteiger partial charge in [0.2, 0.25) is 0 Å². The molecule has 0 saturated heterocycles. The van der Waals surface area contributed by atoms with Crippen LogP contribution in [0.25, 0.3) is 0 Å². The van der Waals surface area contributed by atoms with Crippen molar-refractivity contribution in [1.82, 2.24) is 0 Å². The van der Waals surface area contributed by atoms with Crippen LogP contribution in [-0.4, -0.2) is 14.1 Å². The van der Waals surface area contributed by atoms with Crippen molar-refractivity contribution < 1.29 is 26.7 Å². The second-order valence-corrected chi connectivity index (χ2v) is 6.27. The SMILES string of the molecule is CC([O-])=C1C=CC=CC1=NS(=O)(=O)c1cccc(C(F)(F)F)c1. The molecule has 1 aliphatic carbocycles. The first-order valence-corrected chi connectivity index (χ1v) is 7.80. The van der Waals surface area contributed by atoms with Crippen molar-refractivity contribution in [2.45, 2.75) is 18.0 Å².